The zero-order chi connectivity index (χ0) is 22.1. The average molecular weight is 493 g/mol. The van der Waals surface area contributed by atoms with E-state index in [-0.39, 0.29) is 18.7 Å². The van der Waals surface area contributed by atoms with Crippen LogP contribution < -0.4 is 20.9 Å². The predicted octanol–water partition coefficient (Wildman–Crippen LogP) is 0.378. The molecule has 10 nitrogen and oxygen atoms in total. The van der Waals surface area contributed by atoms with E-state index in [0.717, 1.165) is 30.7 Å². The number of rotatable bonds is 6. The van der Waals surface area contributed by atoms with Crippen molar-refractivity contribution in [1.82, 2.24) is 24.0 Å². The van der Waals surface area contributed by atoms with E-state index >= 15 is 0 Å². The van der Waals surface area contributed by atoms with Gasteiger partial charge in [-0.2, -0.15) is 4.98 Å². The number of fused-ring (bicyclic) bond motifs is 1. The number of nitrogens with zero attached hydrogens (tertiary/aromatic N) is 5. The maximum atomic E-state index is 12.6. The van der Waals surface area contributed by atoms with Crippen LogP contribution in [0, 0.1) is 0 Å². The van der Waals surface area contributed by atoms with E-state index < -0.39 is 17.4 Å². The summed E-state index contributed by atoms with van der Waals surface area (Å²) in [4.78, 5) is 35.9. The minimum atomic E-state index is -0.885. The number of aryl methyl sites for hydroxylation is 1. The number of aromatic amines is 1. The Morgan fingerprint density at radius 3 is 2.52 bits per heavy atom. The van der Waals surface area contributed by atoms with Crippen LogP contribution in [0.4, 0.5) is 5.95 Å². The number of ether oxygens (including phenoxy) is 1. The number of aliphatic hydroxyl groups is 1. The SMILES string of the molecule is CN1CCN(c2nc3c(c(=O)[nH]c(=O)n3C)n2CC(O)COc2ccc(Br)cc2)CC1. The van der Waals surface area contributed by atoms with E-state index in [1.807, 2.05) is 12.1 Å². The number of halogens is 1. The first-order chi connectivity index (χ1) is 14.8. The first-order valence-corrected chi connectivity index (χ1v) is 10.8. The highest BCUT2D eigenvalue weighted by Crippen LogP contribution is 2.22. The summed E-state index contributed by atoms with van der Waals surface area (Å²) in [6.07, 6.45) is -0.885. The Hall–Kier alpha value is -2.63. The van der Waals surface area contributed by atoms with E-state index in [0.29, 0.717) is 17.3 Å². The van der Waals surface area contributed by atoms with Crippen LogP contribution >= 0.6 is 15.9 Å². The fraction of sp³-hybridized carbons (Fsp3) is 0.450. The van der Waals surface area contributed by atoms with E-state index in [2.05, 4.69) is 42.7 Å². The number of hydrogen-bond donors (Lipinski definition) is 2. The number of imidazole rings is 1. The van der Waals surface area contributed by atoms with Gasteiger partial charge < -0.3 is 24.2 Å². The zero-order valence-corrected chi connectivity index (χ0v) is 19.0. The van der Waals surface area contributed by atoms with Crippen molar-refractivity contribution in [3.05, 3.63) is 49.6 Å². The van der Waals surface area contributed by atoms with Crippen molar-refractivity contribution in [2.75, 3.05) is 44.7 Å². The van der Waals surface area contributed by atoms with Gasteiger partial charge in [0.15, 0.2) is 11.2 Å². The van der Waals surface area contributed by atoms with Gasteiger partial charge in [-0.3, -0.25) is 14.3 Å². The second kappa shape index (κ2) is 8.85. The molecular weight excluding hydrogens is 468 g/mol. The van der Waals surface area contributed by atoms with Gasteiger partial charge in [0.1, 0.15) is 18.5 Å². The Morgan fingerprint density at radius 2 is 1.84 bits per heavy atom. The highest BCUT2D eigenvalue weighted by Gasteiger charge is 2.25. The molecule has 1 aromatic carbocycles. The number of aliphatic hydroxyl groups excluding tert-OH is 1. The molecule has 1 aliphatic heterocycles. The summed E-state index contributed by atoms with van der Waals surface area (Å²) < 4.78 is 9.63. The van der Waals surface area contributed by atoms with Crippen molar-refractivity contribution < 1.29 is 9.84 Å². The monoisotopic (exact) mass is 492 g/mol. The van der Waals surface area contributed by atoms with Crippen molar-refractivity contribution in [2.45, 2.75) is 12.6 Å². The number of benzene rings is 1. The number of anilines is 1. The largest absolute Gasteiger partial charge is 0.491 e. The highest BCUT2D eigenvalue weighted by atomic mass is 79.9. The van der Waals surface area contributed by atoms with Crippen molar-refractivity contribution >= 4 is 33.0 Å². The molecule has 31 heavy (non-hydrogen) atoms. The molecule has 2 N–H and O–H groups in total. The van der Waals surface area contributed by atoms with Gasteiger partial charge >= 0.3 is 5.69 Å². The fourth-order valence-electron chi connectivity index (χ4n) is 3.63. The molecule has 166 valence electrons. The van der Waals surface area contributed by atoms with Crippen molar-refractivity contribution in [2.24, 2.45) is 7.05 Å². The maximum Gasteiger partial charge on any atom is 0.329 e. The van der Waals surface area contributed by atoms with Crippen LogP contribution in [-0.2, 0) is 13.6 Å². The molecule has 11 heteroatoms. The molecule has 1 unspecified atom stereocenters. The van der Waals surface area contributed by atoms with Gasteiger partial charge in [0.2, 0.25) is 5.95 Å². The predicted molar refractivity (Wildman–Crippen MR) is 121 cm³/mol. The Labute approximate surface area is 186 Å². The molecule has 0 spiro atoms. The van der Waals surface area contributed by atoms with E-state index in [1.54, 1.807) is 23.7 Å². The van der Waals surface area contributed by atoms with Crippen molar-refractivity contribution in [1.29, 1.82) is 0 Å². The Kier molecular flexibility index (Phi) is 6.17. The normalized spacial score (nSPS) is 16.1. The van der Waals surface area contributed by atoms with Gasteiger partial charge in [-0.1, -0.05) is 15.9 Å². The van der Waals surface area contributed by atoms with Gasteiger partial charge in [0.05, 0.1) is 6.54 Å². The molecule has 0 amide bonds. The smallest absolute Gasteiger partial charge is 0.329 e. The number of H-pyrrole nitrogens is 1. The molecule has 3 aromatic rings. The average Bonchev–Trinajstić information content (AvgIpc) is 3.12. The van der Waals surface area contributed by atoms with Gasteiger partial charge in [-0.25, -0.2) is 4.79 Å². The number of piperazine rings is 1. The fourth-order valence-corrected chi connectivity index (χ4v) is 3.89. The summed E-state index contributed by atoms with van der Waals surface area (Å²) >= 11 is 3.38. The molecule has 0 bridgehead atoms. The summed E-state index contributed by atoms with van der Waals surface area (Å²) in [5, 5.41) is 10.7. The first kappa shape index (κ1) is 21.6. The van der Waals surface area contributed by atoms with Crippen LogP contribution in [0.1, 0.15) is 0 Å². The van der Waals surface area contributed by atoms with E-state index in [4.69, 9.17) is 4.74 Å². The molecule has 3 heterocycles. The highest BCUT2D eigenvalue weighted by molar-refractivity contribution is 9.10. The summed E-state index contributed by atoms with van der Waals surface area (Å²) in [5.74, 6) is 1.20. The zero-order valence-electron chi connectivity index (χ0n) is 17.4. The Bertz CT molecular complexity index is 1180. The number of aromatic nitrogens is 4. The van der Waals surface area contributed by atoms with Crippen LogP contribution in [0.5, 0.6) is 5.75 Å². The van der Waals surface area contributed by atoms with Gasteiger partial charge in [0.25, 0.3) is 5.56 Å². The van der Waals surface area contributed by atoms with Crippen LogP contribution in [0.15, 0.2) is 38.3 Å². The number of likely N-dealkylation sites (N-methyl/N-ethyl adjacent to an activating group) is 1. The lowest BCUT2D eigenvalue weighted by Crippen LogP contribution is -2.45. The molecule has 1 fully saturated rings. The third kappa shape index (κ3) is 4.53. The van der Waals surface area contributed by atoms with Gasteiger partial charge in [-0.15, -0.1) is 0 Å². The maximum absolute atomic E-state index is 12.6. The lowest BCUT2D eigenvalue weighted by atomic mass is 10.3. The van der Waals surface area contributed by atoms with Crippen LogP contribution in [0.2, 0.25) is 0 Å². The second-order valence-electron chi connectivity index (χ2n) is 7.72. The topological polar surface area (TPSA) is 109 Å². The molecule has 0 saturated carbocycles. The molecular formula is C20H25BrN6O4. The van der Waals surface area contributed by atoms with Crippen molar-refractivity contribution in [3.8, 4) is 5.75 Å². The minimum absolute atomic E-state index is 0.0488. The second-order valence-corrected chi connectivity index (χ2v) is 8.64. The summed E-state index contributed by atoms with van der Waals surface area (Å²) in [6.45, 7) is 3.33. The summed E-state index contributed by atoms with van der Waals surface area (Å²) in [7, 11) is 3.62. The third-order valence-electron chi connectivity index (χ3n) is 5.42. The summed E-state index contributed by atoms with van der Waals surface area (Å²) in [5.41, 5.74) is -0.486. The van der Waals surface area contributed by atoms with Gasteiger partial charge in [-0.05, 0) is 31.3 Å². The minimum Gasteiger partial charge on any atom is -0.491 e. The molecule has 4 rings (SSSR count). The third-order valence-corrected chi connectivity index (χ3v) is 5.95. The van der Waals surface area contributed by atoms with E-state index in [1.165, 1.54) is 4.57 Å². The van der Waals surface area contributed by atoms with Crippen LogP contribution in [0.25, 0.3) is 11.2 Å². The van der Waals surface area contributed by atoms with E-state index in [9.17, 15) is 14.7 Å². The Balaban J connectivity index is 1.65. The molecule has 1 saturated heterocycles. The molecule has 0 radical (unpaired) electrons. The molecule has 2 aromatic heterocycles. The first-order valence-electron chi connectivity index (χ1n) is 10.0. The van der Waals surface area contributed by atoms with Crippen LogP contribution in [-0.4, -0.2) is 75.0 Å². The number of hydrogen-bond acceptors (Lipinski definition) is 7. The summed E-state index contributed by atoms with van der Waals surface area (Å²) in [6, 6.07) is 7.33. The molecule has 0 aliphatic carbocycles. The lowest BCUT2D eigenvalue weighted by Gasteiger charge is -2.33. The van der Waals surface area contributed by atoms with Crippen molar-refractivity contribution in [3.63, 3.8) is 0 Å². The van der Waals surface area contributed by atoms with Gasteiger partial charge in [0, 0.05) is 37.7 Å². The number of nitrogens with one attached hydrogen (secondary N) is 1. The van der Waals surface area contributed by atoms with Crippen LogP contribution in [0.3, 0.4) is 0 Å². The molecule has 1 atom stereocenters. The lowest BCUT2D eigenvalue weighted by molar-refractivity contribution is 0.0935. The molecule has 1 aliphatic rings. The Morgan fingerprint density at radius 1 is 1.16 bits per heavy atom. The quantitative estimate of drug-likeness (QED) is 0.511. The standard InChI is InChI=1S/C20H25BrN6O4/c1-24-7-9-26(10-8-24)19-22-17-16(18(29)23-20(30)25(17)2)27(19)11-14(28)12-31-15-5-3-13(21)4-6-15/h3-6,14,28H,7-12H2,1-2H3,(H,23,29,30).